The van der Waals surface area contributed by atoms with Crippen LogP contribution in [0.25, 0.3) is 0 Å². The van der Waals surface area contributed by atoms with Crippen LogP contribution in [0.1, 0.15) is 43.0 Å². The highest BCUT2D eigenvalue weighted by molar-refractivity contribution is 7.09. The molecule has 3 N–H and O–H groups in total. The highest BCUT2D eigenvalue weighted by Gasteiger charge is 2.27. The average molecular weight is 350 g/mol. The van der Waals surface area contributed by atoms with Crippen LogP contribution in [0.5, 0.6) is 0 Å². The minimum absolute atomic E-state index is 0.295. The summed E-state index contributed by atoms with van der Waals surface area (Å²) in [4.78, 5) is 9.04. The van der Waals surface area contributed by atoms with Gasteiger partial charge in [0.05, 0.1) is 23.8 Å². The Morgan fingerprint density at radius 3 is 2.75 bits per heavy atom. The molecule has 0 saturated carbocycles. The Labute approximate surface area is 147 Å². The number of hydrogen-bond acceptors (Lipinski definition) is 5. The van der Waals surface area contributed by atoms with Gasteiger partial charge in [0, 0.05) is 11.9 Å². The normalized spacial score (nSPS) is 14.5. The van der Waals surface area contributed by atoms with Gasteiger partial charge in [0.2, 0.25) is 0 Å². The minimum Gasteiger partial charge on any atom is -0.463 e. The number of aliphatic hydroxyl groups is 1. The second-order valence-corrected chi connectivity index (χ2v) is 6.76. The summed E-state index contributed by atoms with van der Waals surface area (Å²) >= 11 is 1.66. The van der Waals surface area contributed by atoms with E-state index in [0.29, 0.717) is 24.8 Å². The van der Waals surface area contributed by atoms with Crippen LogP contribution in [0.2, 0.25) is 0 Å². The van der Waals surface area contributed by atoms with E-state index in [2.05, 4.69) is 27.5 Å². The topological polar surface area (TPSA) is 82.7 Å². The molecule has 0 radical (unpaired) electrons. The number of guanidine groups is 1. The number of rotatable bonds is 7. The standard InChI is InChI=1S/C17H26N4O2S/c1-5-15-21-13(10-24-15)9-19-16(18-6-2)20-11-17(4,22)14-8-7-12(3)23-14/h7-8,10,22H,5-6,9,11H2,1-4H3,(H2,18,19,20). The molecule has 7 heteroatoms. The second kappa shape index (κ2) is 8.30. The van der Waals surface area contributed by atoms with Gasteiger partial charge in [-0.2, -0.15) is 0 Å². The molecule has 0 amide bonds. The first-order valence-electron chi connectivity index (χ1n) is 8.19. The van der Waals surface area contributed by atoms with Gasteiger partial charge >= 0.3 is 0 Å². The van der Waals surface area contributed by atoms with Gasteiger partial charge in [0.15, 0.2) is 5.96 Å². The highest BCUT2D eigenvalue weighted by atomic mass is 32.1. The smallest absolute Gasteiger partial charge is 0.191 e. The number of furan rings is 1. The Morgan fingerprint density at radius 1 is 1.38 bits per heavy atom. The van der Waals surface area contributed by atoms with E-state index in [-0.39, 0.29) is 0 Å². The van der Waals surface area contributed by atoms with Crippen molar-refractivity contribution in [3.05, 3.63) is 39.7 Å². The lowest BCUT2D eigenvalue weighted by Crippen LogP contribution is -2.44. The number of aromatic nitrogens is 1. The van der Waals surface area contributed by atoms with Gasteiger partial charge in [-0.1, -0.05) is 6.92 Å². The van der Waals surface area contributed by atoms with Gasteiger partial charge in [-0.3, -0.25) is 0 Å². The van der Waals surface area contributed by atoms with Gasteiger partial charge in [-0.05, 0) is 39.3 Å². The summed E-state index contributed by atoms with van der Waals surface area (Å²) in [5.74, 6) is 1.96. The van der Waals surface area contributed by atoms with Crippen molar-refractivity contribution in [2.24, 2.45) is 4.99 Å². The number of hydrogen-bond donors (Lipinski definition) is 3. The van der Waals surface area contributed by atoms with Crippen LogP contribution in [0.15, 0.2) is 26.9 Å². The van der Waals surface area contributed by atoms with Gasteiger partial charge in [0.1, 0.15) is 17.1 Å². The van der Waals surface area contributed by atoms with Crippen LogP contribution in [-0.2, 0) is 18.6 Å². The van der Waals surface area contributed by atoms with Crippen LogP contribution in [-0.4, -0.2) is 29.1 Å². The number of nitrogens with one attached hydrogen (secondary N) is 2. The van der Waals surface area contributed by atoms with Gasteiger partial charge in [-0.25, -0.2) is 9.98 Å². The molecule has 2 aromatic heterocycles. The van der Waals surface area contributed by atoms with Crippen molar-refractivity contribution in [1.82, 2.24) is 15.6 Å². The molecule has 132 valence electrons. The number of nitrogens with zero attached hydrogens (tertiary/aromatic N) is 2. The Bertz CT molecular complexity index is 676. The fraction of sp³-hybridized carbons (Fsp3) is 0.529. The highest BCUT2D eigenvalue weighted by Crippen LogP contribution is 2.21. The van der Waals surface area contributed by atoms with Crippen LogP contribution in [0.4, 0.5) is 0 Å². The molecule has 0 spiro atoms. The van der Waals surface area contributed by atoms with Crippen LogP contribution < -0.4 is 10.6 Å². The van der Waals surface area contributed by atoms with Crippen molar-refractivity contribution >= 4 is 17.3 Å². The third-order valence-corrected chi connectivity index (χ3v) is 4.56. The zero-order chi connectivity index (χ0) is 17.6. The summed E-state index contributed by atoms with van der Waals surface area (Å²) in [6.07, 6.45) is 0.943. The van der Waals surface area contributed by atoms with Crippen molar-refractivity contribution in [2.45, 2.75) is 46.3 Å². The maximum absolute atomic E-state index is 10.6. The number of aryl methyl sites for hydroxylation is 2. The third kappa shape index (κ3) is 5.07. The molecule has 0 aliphatic rings. The first kappa shape index (κ1) is 18.5. The summed E-state index contributed by atoms with van der Waals surface area (Å²) in [5.41, 5.74) is -0.150. The predicted octanol–water partition coefficient (Wildman–Crippen LogP) is 2.57. The van der Waals surface area contributed by atoms with Crippen molar-refractivity contribution in [3.63, 3.8) is 0 Å². The molecule has 0 aromatic carbocycles. The molecule has 0 bridgehead atoms. The summed E-state index contributed by atoms with van der Waals surface area (Å²) in [6, 6.07) is 3.64. The molecule has 1 unspecified atom stereocenters. The summed E-state index contributed by atoms with van der Waals surface area (Å²) in [6.45, 7) is 9.22. The van der Waals surface area contributed by atoms with Crippen LogP contribution in [0, 0.1) is 6.92 Å². The first-order chi connectivity index (χ1) is 11.4. The lowest BCUT2D eigenvalue weighted by atomic mass is 10.0. The Kier molecular flexibility index (Phi) is 6.39. The zero-order valence-electron chi connectivity index (χ0n) is 14.7. The number of aliphatic imine (C=N–C) groups is 1. The van der Waals surface area contributed by atoms with Crippen molar-refractivity contribution in [2.75, 3.05) is 13.1 Å². The maximum Gasteiger partial charge on any atom is 0.191 e. The lowest BCUT2D eigenvalue weighted by Gasteiger charge is -2.22. The van der Waals surface area contributed by atoms with Crippen LogP contribution in [0.3, 0.4) is 0 Å². The van der Waals surface area contributed by atoms with E-state index >= 15 is 0 Å². The molecule has 0 fully saturated rings. The van der Waals surface area contributed by atoms with E-state index in [1.54, 1.807) is 24.3 Å². The molecule has 6 nitrogen and oxygen atoms in total. The van der Waals surface area contributed by atoms with Gasteiger partial charge in [0.25, 0.3) is 0 Å². The SMILES string of the molecule is CCNC(=NCc1csc(CC)n1)NCC(C)(O)c1ccc(C)o1. The van der Waals surface area contributed by atoms with Gasteiger partial charge in [-0.15, -0.1) is 11.3 Å². The zero-order valence-corrected chi connectivity index (χ0v) is 15.5. The first-order valence-corrected chi connectivity index (χ1v) is 9.07. The quantitative estimate of drug-likeness (QED) is 0.528. The fourth-order valence-electron chi connectivity index (χ4n) is 2.15. The van der Waals surface area contributed by atoms with Gasteiger partial charge < -0.3 is 20.2 Å². The van der Waals surface area contributed by atoms with Crippen molar-refractivity contribution < 1.29 is 9.52 Å². The van der Waals surface area contributed by atoms with E-state index in [1.807, 2.05) is 25.3 Å². The minimum atomic E-state index is -1.11. The summed E-state index contributed by atoms with van der Waals surface area (Å²) < 4.78 is 5.53. The number of thiazole rings is 1. The predicted molar refractivity (Wildman–Crippen MR) is 97.3 cm³/mol. The molecule has 24 heavy (non-hydrogen) atoms. The Balaban J connectivity index is 1.98. The summed E-state index contributed by atoms with van der Waals surface area (Å²) in [5, 5.41) is 20.1. The molecular weight excluding hydrogens is 324 g/mol. The van der Waals surface area contributed by atoms with E-state index in [9.17, 15) is 5.11 Å². The largest absolute Gasteiger partial charge is 0.463 e. The van der Waals surface area contributed by atoms with Crippen LogP contribution >= 0.6 is 11.3 Å². The van der Waals surface area contributed by atoms with Crippen molar-refractivity contribution in [3.8, 4) is 0 Å². The molecular formula is C17H26N4O2S. The van der Waals surface area contributed by atoms with E-state index in [1.165, 1.54) is 0 Å². The maximum atomic E-state index is 10.6. The van der Waals surface area contributed by atoms with E-state index < -0.39 is 5.60 Å². The second-order valence-electron chi connectivity index (χ2n) is 5.82. The van der Waals surface area contributed by atoms with E-state index in [4.69, 9.17) is 4.42 Å². The molecule has 0 aliphatic heterocycles. The van der Waals surface area contributed by atoms with Crippen molar-refractivity contribution in [1.29, 1.82) is 0 Å². The fourth-order valence-corrected chi connectivity index (χ4v) is 2.89. The molecule has 2 aromatic rings. The third-order valence-electron chi connectivity index (χ3n) is 3.52. The average Bonchev–Trinajstić information content (AvgIpc) is 3.19. The van der Waals surface area contributed by atoms with E-state index in [0.717, 1.165) is 29.4 Å². The lowest BCUT2D eigenvalue weighted by molar-refractivity contribution is 0.0378. The summed E-state index contributed by atoms with van der Waals surface area (Å²) in [7, 11) is 0. The molecule has 2 heterocycles. The molecule has 1 atom stereocenters. The molecule has 2 rings (SSSR count). The Hall–Kier alpha value is -1.86. The molecule has 0 aliphatic carbocycles. The molecule has 0 saturated heterocycles. The monoisotopic (exact) mass is 350 g/mol. The Morgan fingerprint density at radius 2 is 2.17 bits per heavy atom.